The summed E-state index contributed by atoms with van der Waals surface area (Å²) in [5, 5.41) is 8.80. The number of carbonyl (C=O) groups is 3. The van der Waals surface area contributed by atoms with Gasteiger partial charge in [0.25, 0.3) is 0 Å². The Morgan fingerprint density at radius 3 is 1.57 bits per heavy atom. The standard InChI is InChI=1S/C20H23ClN4O3/c1-3-25(12-19(27)23-17-6-4-15(21)5-7-17)13-20(28)24-18-10-8-16(9-11-18)22-14(2)26/h4-11H,3,12-13H2,1-2H3,(H,22,26)(H,23,27)(H,24,28). The number of benzene rings is 2. The van der Waals surface area contributed by atoms with E-state index >= 15 is 0 Å². The Balaban J connectivity index is 1.83. The fourth-order valence-corrected chi connectivity index (χ4v) is 2.59. The molecule has 0 radical (unpaired) electrons. The Labute approximate surface area is 169 Å². The summed E-state index contributed by atoms with van der Waals surface area (Å²) >= 11 is 5.83. The Hall–Kier alpha value is -2.90. The number of likely N-dealkylation sites (N-methyl/N-ethyl adjacent to an activating group) is 1. The highest BCUT2D eigenvalue weighted by Gasteiger charge is 2.13. The van der Waals surface area contributed by atoms with Crippen molar-refractivity contribution in [3.63, 3.8) is 0 Å². The van der Waals surface area contributed by atoms with Crippen LogP contribution in [0.1, 0.15) is 13.8 Å². The zero-order chi connectivity index (χ0) is 20.5. The molecule has 0 aliphatic heterocycles. The number of amides is 3. The second-order valence-corrected chi connectivity index (χ2v) is 6.60. The smallest absolute Gasteiger partial charge is 0.238 e. The van der Waals surface area contributed by atoms with Crippen molar-refractivity contribution < 1.29 is 14.4 Å². The van der Waals surface area contributed by atoms with Gasteiger partial charge in [0.15, 0.2) is 0 Å². The van der Waals surface area contributed by atoms with Gasteiger partial charge in [-0.05, 0) is 55.1 Å². The molecule has 28 heavy (non-hydrogen) atoms. The van der Waals surface area contributed by atoms with E-state index in [2.05, 4.69) is 16.0 Å². The molecule has 0 spiro atoms. The highest BCUT2D eigenvalue weighted by Crippen LogP contribution is 2.14. The minimum absolute atomic E-state index is 0.0813. The number of anilines is 3. The summed E-state index contributed by atoms with van der Waals surface area (Å²) in [7, 11) is 0. The van der Waals surface area contributed by atoms with E-state index in [1.807, 2.05) is 6.92 Å². The Morgan fingerprint density at radius 1 is 0.786 bits per heavy atom. The minimum Gasteiger partial charge on any atom is -0.326 e. The summed E-state index contributed by atoms with van der Waals surface area (Å²) in [6.45, 7) is 4.03. The van der Waals surface area contributed by atoms with Crippen LogP contribution in [0, 0.1) is 0 Å². The molecule has 3 N–H and O–H groups in total. The summed E-state index contributed by atoms with van der Waals surface area (Å²) in [6, 6.07) is 13.6. The molecule has 0 atom stereocenters. The predicted octanol–water partition coefficient (Wildman–Crippen LogP) is 3.20. The van der Waals surface area contributed by atoms with E-state index in [0.717, 1.165) is 0 Å². The number of hydrogen-bond donors (Lipinski definition) is 3. The van der Waals surface area contributed by atoms with Crippen LogP contribution in [0.2, 0.25) is 5.02 Å². The molecule has 0 aromatic heterocycles. The molecule has 7 nitrogen and oxygen atoms in total. The largest absolute Gasteiger partial charge is 0.326 e. The molecular formula is C20H23ClN4O3. The lowest BCUT2D eigenvalue weighted by molar-refractivity contribution is -0.120. The van der Waals surface area contributed by atoms with Crippen molar-refractivity contribution >= 4 is 46.4 Å². The summed E-state index contributed by atoms with van der Waals surface area (Å²) in [6.07, 6.45) is 0. The van der Waals surface area contributed by atoms with Crippen LogP contribution in [0.15, 0.2) is 48.5 Å². The molecule has 0 unspecified atom stereocenters. The second kappa shape index (κ2) is 10.4. The Morgan fingerprint density at radius 2 is 1.18 bits per heavy atom. The van der Waals surface area contributed by atoms with Gasteiger partial charge < -0.3 is 16.0 Å². The highest BCUT2D eigenvalue weighted by atomic mass is 35.5. The molecule has 0 bridgehead atoms. The molecule has 0 aliphatic carbocycles. The lowest BCUT2D eigenvalue weighted by Crippen LogP contribution is -2.38. The average Bonchev–Trinajstić information content (AvgIpc) is 2.64. The Bertz CT molecular complexity index is 822. The van der Waals surface area contributed by atoms with Gasteiger partial charge in [0, 0.05) is 29.0 Å². The molecule has 2 aromatic carbocycles. The van der Waals surface area contributed by atoms with E-state index in [0.29, 0.717) is 28.6 Å². The van der Waals surface area contributed by atoms with Gasteiger partial charge in [0.2, 0.25) is 17.7 Å². The molecule has 0 saturated carbocycles. The van der Waals surface area contributed by atoms with Gasteiger partial charge in [0.05, 0.1) is 13.1 Å². The van der Waals surface area contributed by atoms with Gasteiger partial charge in [0.1, 0.15) is 0 Å². The average molecular weight is 403 g/mol. The highest BCUT2D eigenvalue weighted by molar-refractivity contribution is 6.30. The van der Waals surface area contributed by atoms with Crippen LogP contribution >= 0.6 is 11.6 Å². The van der Waals surface area contributed by atoms with Gasteiger partial charge in [-0.15, -0.1) is 0 Å². The van der Waals surface area contributed by atoms with E-state index in [1.54, 1.807) is 53.4 Å². The first-order valence-corrected chi connectivity index (χ1v) is 9.18. The molecule has 3 amide bonds. The number of carbonyl (C=O) groups excluding carboxylic acids is 3. The summed E-state index contributed by atoms with van der Waals surface area (Å²) in [5.74, 6) is -0.600. The molecule has 0 fully saturated rings. The number of nitrogens with zero attached hydrogens (tertiary/aromatic N) is 1. The van der Waals surface area contributed by atoms with Crippen LogP contribution in [0.25, 0.3) is 0 Å². The molecule has 8 heteroatoms. The molecular weight excluding hydrogens is 380 g/mol. The summed E-state index contributed by atoms with van der Waals surface area (Å²) in [5.41, 5.74) is 1.91. The Kier molecular flexibility index (Phi) is 7.98. The molecule has 2 rings (SSSR count). The van der Waals surface area contributed by atoms with Gasteiger partial charge >= 0.3 is 0 Å². The third kappa shape index (κ3) is 7.38. The van der Waals surface area contributed by atoms with E-state index < -0.39 is 0 Å². The normalized spacial score (nSPS) is 10.4. The van der Waals surface area contributed by atoms with Crippen molar-refractivity contribution in [3.8, 4) is 0 Å². The lowest BCUT2D eigenvalue weighted by Gasteiger charge is -2.19. The van der Waals surface area contributed by atoms with E-state index in [1.165, 1.54) is 6.92 Å². The maximum absolute atomic E-state index is 12.3. The quantitative estimate of drug-likeness (QED) is 0.632. The molecule has 2 aromatic rings. The van der Waals surface area contributed by atoms with Gasteiger partial charge in [-0.1, -0.05) is 18.5 Å². The maximum atomic E-state index is 12.3. The van der Waals surface area contributed by atoms with E-state index in [9.17, 15) is 14.4 Å². The lowest BCUT2D eigenvalue weighted by atomic mass is 10.2. The zero-order valence-corrected chi connectivity index (χ0v) is 16.5. The summed E-state index contributed by atoms with van der Waals surface area (Å²) in [4.78, 5) is 37.2. The van der Waals surface area contributed by atoms with Crippen molar-refractivity contribution in [1.82, 2.24) is 4.90 Å². The molecule has 0 saturated heterocycles. The topological polar surface area (TPSA) is 90.5 Å². The molecule has 0 heterocycles. The minimum atomic E-state index is -0.228. The number of nitrogens with one attached hydrogen (secondary N) is 3. The van der Waals surface area contributed by atoms with Crippen LogP contribution in [-0.4, -0.2) is 42.3 Å². The van der Waals surface area contributed by atoms with Crippen LogP contribution in [0.4, 0.5) is 17.1 Å². The second-order valence-electron chi connectivity index (χ2n) is 6.17. The number of halogens is 1. The van der Waals surface area contributed by atoms with Crippen molar-refractivity contribution in [3.05, 3.63) is 53.6 Å². The van der Waals surface area contributed by atoms with Gasteiger partial charge in [-0.3, -0.25) is 19.3 Å². The van der Waals surface area contributed by atoms with Gasteiger partial charge in [-0.2, -0.15) is 0 Å². The fraction of sp³-hybridized carbons (Fsp3) is 0.250. The van der Waals surface area contributed by atoms with Crippen LogP contribution < -0.4 is 16.0 Å². The van der Waals surface area contributed by atoms with E-state index in [-0.39, 0.29) is 30.8 Å². The van der Waals surface area contributed by atoms with Crippen molar-refractivity contribution in [2.75, 3.05) is 35.6 Å². The third-order valence-corrected chi connectivity index (χ3v) is 4.05. The third-order valence-electron chi connectivity index (χ3n) is 3.80. The number of hydrogen-bond acceptors (Lipinski definition) is 4. The van der Waals surface area contributed by atoms with Crippen molar-refractivity contribution in [1.29, 1.82) is 0 Å². The fourth-order valence-electron chi connectivity index (χ4n) is 2.46. The predicted molar refractivity (Wildman–Crippen MR) is 112 cm³/mol. The monoisotopic (exact) mass is 402 g/mol. The zero-order valence-electron chi connectivity index (χ0n) is 15.8. The number of rotatable bonds is 8. The molecule has 0 aliphatic rings. The van der Waals surface area contributed by atoms with Gasteiger partial charge in [-0.25, -0.2) is 0 Å². The summed E-state index contributed by atoms with van der Waals surface area (Å²) < 4.78 is 0. The van der Waals surface area contributed by atoms with Crippen molar-refractivity contribution in [2.24, 2.45) is 0 Å². The molecule has 148 valence electrons. The SMILES string of the molecule is CCN(CC(=O)Nc1ccc(Cl)cc1)CC(=O)Nc1ccc(NC(C)=O)cc1. The first kappa shape index (κ1) is 21.4. The van der Waals surface area contributed by atoms with Crippen LogP contribution in [0.5, 0.6) is 0 Å². The van der Waals surface area contributed by atoms with E-state index in [4.69, 9.17) is 11.6 Å². The first-order chi connectivity index (χ1) is 13.4. The maximum Gasteiger partial charge on any atom is 0.238 e. The van der Waals surface area contributed by atoms with Crippen molar-refractivity contribution in [2.45, 2.75) is 13.8 Å². The van der Waals surface area contributed by atoms with Crippen LogP contribution in [0.3, 0.4) is 0 Å². The van der Waals surface area contributed by atoms with Crippen LogP contribution in [-0.2, 0) is 14.4 Å². The first-order valence-electron chi connectivity index (χ1n) is 8.81.